The number of carbonyl (C=O) groups is 2. The summed E-state index contributed by atoms with van der Waals surface area (Å²) in [5.41, 5.74) is 0.619. The van der Waals surface area contributed by atoms with Crippen LogP contribution in [-0.2, 0) is 14.3 Å². The Bertz CT molecular complexity index is 513. The zero-order valence-electron chi connectivity index (χ0n) is 12.1. The molecule has 21 heavy (non-hydrogen) atoms. The fourth-order valence-corrected chi connectivity index (χ4v) is 2.50. The van der Waals surface area contributed by atoms with Crippen LogP contribution in [0.25, 0.3) is 0 Å². The number of methoxy groups -OCH3 is 1. The molecule has 0 spiro atoms. The Kier molecular flexibility index (Phi) is 4.80. The Balaban J connectivity index is 2.22. The molecule has 1 saturated heterocycles. The third-order valence-corrected chi connectivity index (χ3v) is 3.53. The number of amides is 1. The van der Waals surface area contributed by atoms with Crippen LogP contribution in [0, 0.1) is 5.92 Å². The van der Waals surface area contributed by atoms with Gasteiger partial charge in [0.15, 0.2) is 0 Å². The van der Waals surface area contributed by atoms with Crippen molar-refractivity contribution >= 4 is 17.6 Å². The number of nitrogens with zero attached hydrogens (tertiary/aromatic N) is 1. The summed E-state index contributed by atoms with van der Waals surface area (Å²) in [6.07, 6.45) is 0.259. The zero-order chi connectivity index (χ0) is 15.4. The fraction of sp³-hybridized carbons (Fsp3) is 0.467. The number of aliphatic hydroxyl groups is 1. The fourth-order valence-electron chi connectivity index (χ4n) is 2.50. The van der Waals surface area contributed by atoms with E-state index >= 15 is 0 Å². The highest BCUT2D eigenvalue weighted by molar-refractivity contribution is 6.10. The van der Waals surface area contributed by atoms with Gasteiger partial charge < -0.3 is 14.6 Å². The van der Waals surface area contributed by atoms with Crippen molar-refractivity contribution in [3.05, 3.63) is 24.3 Å². The van der Waals surface area contributed by atoms with E-state index in [1.165, 1.54) is 4.90 Å². The lowest BCUT2D eigenvalue weighted by atomic mass is 9.84. The second kappa shape index (κ2) is 6.58. The van der Waals surface area contributed by atoms with Crippen LogP contribution in [-0.4, -0.2) is 43.3 Å². The van der Waals surface area contributed by atoms with Crippen LogP contribution in [0.15, 0.2) is 24.3 Å². The predicted octanol–water partition coefficient (Wildman–Crippen LogP) is 0.972. The topological polar surface area (TPSA) is 76.1 Å². The maximum atomic E-state index is 12.2. The highest BCUT2D eigenvalue weighted by atomic mass is 16.5. The first-order chi connectivity index (χ1) is 10.1. The molecule has 1 N–H and O–H groups in total. The SMILES string of the molecule is CCOC(=O)C1C(CCO)C(=O)N1c1ccc(OC)cc1. The number of hydrogen-bond donors (Lipinski definition) is 1. The Morgan fingerprint density at radius 2 is 2.00 bits per heavy atom. The van der Waals surface area contributed by atoms with Crippen LogP contribution in [0.5, 0.6) is 5.75 Å². The first-order valence-corrected chi connectivity index (χ1v) is 6.88. The normalized spacial score (nSPS) is 20.9. The predicted molar refractivity (Wildman–Crippen MR) is 76.1 cm³/mol. The van der Waals surface area contributed by atoms with Crippen molar-refractivity contribution in [3.63, 3.8) is 0 Å². The molecule has 0 aliphatic carbocycles. The van der Waals surface area contributed by atoms with Crippen LogP contribution in [0.2, 0.25) is 0 Å². The number of hydrogen-bond acceptors (Lipinski definition) is 5. The number of ether oxygens (including phenoxy) is 2. The Morgan fingerprint density at radius 1 is 1.33 bits per heavy atom. The first kappa shape index (κ1) is 15.3. The highest BCUT2D eigenvalue weighted by Crippen LogP contribution is 2.36. The molecule has 0 aromatic heterocycles. The van der Waals surface area contributed by atoms with Crippen molar-refractivity contribution in [2.75, 3.05) is 25.2 Å². The summed E-state index contributed by atoms with van der Waals surface area (Å²) in [4.78, 5) is 25.7. The summed E-state index contributed by atoms with van der Waals surface area (Å²) >= 11 is 0. The minimum absolute atomic E-state index is 0.136. The molecule has 1 heterocycles. The lowest BCUT2D eigenvalue weighted by Gasteiger charge is -2.45. The molecular weight excluding hydrogens is 274 g/mol. The van der Waals surface area contributed by atoms with E-state index in [9.17, 15) is 9.59 Å². The summed E-state index contributed by atoms with van der Waals surface area (Å²) in [7, 11) is 1.56. The van der Waals surface area contributed by atoms with E-state index in [0.717, 1.165) is 0 Å². The van der Waals surface area contributed by atoms with Gasteiger partial charge in [-0.25, -0.2) is 4.79 Å². The molecule has 1 amide bonds. The number of β-lactam (4-membered cyclic amide) rings is 1. The van der Waals surface area contributed by atoms with E-state index in [1.807, 2.05) is 0 Å². The second-order valence-corrected chi connectivity index (χ2v) is 4.72. The summed E-state index contributed by atoms with van der Waals surface area (Å²) in [6, 6.07) is 6.22. The third kappa shape index (κ3) is 2.85. The van der Waals surface area contributed by atoms with Gasteiger partial charge in [0.1, 0.15) is 11.8 Å². The molecule has 2 atom stereocenters. The smallest absolute Gasteiger partial charge is 0.330 e. The zero-order valence-corrected chi connectivity index (χ0v) is 12.1. The van der Waals surface area contributed by atoms with Crippen LogP contribution >= 0.6 is 0 Å². The maximum Gasteiger partial charge on any atom is 0.330 e. The average Bonchev–Trinajstić information content (AvgIpc) is 2.50. The van der Waals surface area contributed by atoms with Crippen molar-refractivity contribution in [1.82, 2.24) is 0 Å². The van der Waals surface area contributed by atoms with E-state index in [2.05, 4.69) is 0 Å². The number of rotatable bonds is 6. The summed E-state index contributed by atoms with van der Waals surface area (Å²) < 4.78 is 10.1. The van der Waals surface area contributed by atoms with Crippen LogP contribution in [0.4, 0.5) is 5.69 Å². The monoisotopic (exact) mass is 293 g/mol. The lowest BCUT2D eigenvalue weighted by Crippen LogP contribution is -2.65. The molecule has 1 fully saturated rings. The van der Waals surface area contributed by atoms with Gasteiger partial charge in [-0.1, -0.05) is 0 Å². The molecule has 0 bridgehead atoms. The molecule has 1 aromatic rings. The van der Waals surface area contributed by atoms with Crippen molar-refractivity contribution in [2.45, 2.75) is 19.4 Å². The molecular formula is C15H19NO5. The number of anilines is 1. The lowest BCUT2D eigenvalue weighted by molar-refractivity contribution is -0.154. The van der Waals surface area contributed by atoms with Gasteiger partial charge in [-0.2, -0.15) is 0 Å². The Morgan fingerprint density at radius 3 is 2.52 bits per heavy atom. The molecule has 2 rings (SSSR count). The minimum Gasteiger partial charge on any atom is -0.497 e. The van der Waals surface area contributed by atoms with E-state index < -0.39 is 17.9 Å². The third-order valence-electron chi connectivity index (χ3n) is 3.53. The standard InChI is InChI=1S/C15H19NO5/c1-3-21-15(19)13-12(8-9-17)14(18)16(13)10-4-6-11(20-2)7-5-10/h4-7,12-13,17H,3,8-9H2,1-2H3. The summed E-state index contributed by atoms with van der Waals surface area (Å²) in [5.74, 6) is -0.457. The van der Waals surface area contributed by atoms with Gasteiger partial charge >= 0.3 is 5.97 Å². The van der Waals surface area contributed by atoms with Gasteiger partial charge in [0.2, 0.25) is 5.91 Å². The quantitative estimate of drug-likeness (QED) is 0.625. The van der Waals surface area contributed by atoms with Gasteiger partial charge in [-0.05, 0) is 37.6 Å². The molecule has 1 aliphatic heterocycles. The minimum atomic E-state index is -0.669. The van der Waals surface area contributed by atoms with Crippen molar-refractivity contribution < 1.29 is 24.2 Å². The molecule has 2 unspecified atom stereocenters. The highest BCUT2D eigenvalue weighted by Gasteiger charge is 2.52. The second-order valence-electron chi connectivity index (χ2n) is 4.72. The average molecular weight is 293 g/mol. The number of carbonyl (C=O) groups excluding carboxylic acids is 2. The molecule has 114 valence electrons. The van der Waals surface area contributed by atoms with Gasteiger partial charge in [0.05, 0.1) is 19.6 Å². The van der Waals surface area contributed by atoms with Crippen molar-refractivity contribution in [3.8, 4) is 5.75 Å². The van der Waals surface area contributed by atoms with Crippen molar-refractivity contribution in [2.24, 2.45) is 5.92 Å². The molecule has 6 nitrogen and oxygen atoms in total. The molecule has 0 radical (unpaired) electrons. The maximum absolute atomic E-state index is 12.2. The van der Waals surface area contributed by atoms with Crippen LogP contribution < -0.4 is 9.64 Å². The molecule has 0 saturated carbocycles. The number of esters is 1. The molecule has 1 aromatic carbocycles. The molecule has 1 aliphatic rings. The van der Waals surface area contributed by atoms with Crippen LogP contribution in [0.3, 0.4) is 0 Å². The number of benzene rings is 1. The van der Waals surface area contributed by atoms with Crippen molar-refractivity contribution in [1.29, 1.82) is 0 Å². The van der Waals surface area contributed by atoms with E-state index in [1.54, 1.807) is 38.3 Å². The van der Waals surface area contributed by atoms with Gasteiger partial charge in [-0.3, -0.25) is 9.69 Å². The summed E-state index contributed by atoms with van der Waals surface area (Å²) in [6.45, 7) is 1.84. The van der Waals surface area contributed by atoms with E-state index in [-0.39, 0.29) is 25.5 Å². The van der Waals surface area contributed by atoms with Gasteiger partial charge in [0.25, 0.3) is 0 Å². The van der Waals surface area contributed by atoms with Crippen LogP contribution in [0.1, 0.15) is 13.3 Å². The largest absolute Gasteiger partial charge is 0.497 e. The summed E-state index contributed by atoms with van der Waals surface area (Å²) in [5, 5.41) is 9.03. The Labute approximate surface area is 123 Å². The first-order valence-electron chi connectivity index (χ1n) is 6.88. The van der Waals surface area contributed by atoms with Gasteiger partial charge in [-0.15, -0.1) is 0 Å². The van der Waals surface area contributed by atoms with Gasteiger partial charge in [0, 0.05) is 12.3 Å². The molecule has 6 heteroatoms. The number of aliphatic hydroxyl groups excluding tert-OH is 1. The van der Waals surface area contributed by atoms with E-state index in [0.29, 0.717) is 11.4 Å². The Hall–Kier alpha value is -2.08. The van der Waals surface area contributed by atoms with E-state index in [4.69, 9.17) is 14.6 Å².